The number of benzene rings is 2. The first-order valence-electron chi connectivity index (χ1n) is 11.1. The van der Waals surface area contributed by atoms with Gasteiger partial charge >= 0.3 is 5.97 Å². The van der Waals surface area contributed by atoms with Gasteiger partial charge in [-0.3, -0.25) is 9.48 Å². The van der Waals surface area contributed by atoms with Crippen molar-refractivity contribution in [2.24, 2.45) is 14.1 Å². The van der Waals surface area contributed by atoms with E-state index in [1.165, 1.54) is 17.3 Å². The van der Waals surface area contributed by atoms with Crippen molar-refractivity contribution >= 4 is 29.3 Å². The summed E-state index contributed by atoms with van der Waals surface area (Å²) >= 11 is 1.29. The minimum Gasteiger partial charge on any atom is -0.462 e. The topological polar surface area (TPSA) is 104 Å². The quantitative estimate of drug-likeness (QED) is 0.293. The van der Waals surface area contributed by atoms with Gasteiger partial charge in [-0.2, -0.15) is 5.10 Å². The van der Waals surface area contributed by atoms with E-state index in [1.54, 1.807) is 35.9 Å². The minimum atomic E-state index is -0.391. The van der Waals surface area contributed by atoms with Gasteiger partial charge in [0.15, 0.2) is 11.0 Å². The van der Waals surface area contributed by atoms with Gasteiger partial charge in [0.25, 0.3) is 0 Å². The summed E-state index contributed by atoms with van der Waals surface area (Å²) in [6.07, 6.45) is 1.92. The van der Waals surface area contributed by atoms with Gasteiger partial charge in [-0.05, 0) is 38.1 Å². The van der Waals surface area contributed by atoms with Crippen LogP contribution in [0, 0.1) is 6.92 Å². The smallest absolute Gasteiger partial charge is 0.338 e. The van der Waals surface area contributed by atoms with Gasteiger partial charge in [-0.1, -0.05) is 41.6 Å². The van der Waals surface area contributed by atoms with Crippen molar-refractivity contribution in [2.75, 3.05) is 17.7 Å². The van der Waals surface area contributed by atoms with Gasteiger partial charge < -0.3 is 14.6 Å². The highest BCUT2D eigenvalue weighted by molar-refractivity contribution is 7.99. The number of carbonyl (C=O) groups is 2. The molecule has 0 fully saturated rings. The van der Waals surface area contributed by atoms with Crippen LogP contribution in [0.25, 0.3) is 22.6 Å². The Balaban J connectivity index is 1.43. The Labute approximate surface area is 207 Å². The van der Waals surface area contributed by atoms with E-state index >= 15 is 0 Å². The number of hydrogen-bond acceptors (Lipinski definition) is 7. The van der Waals surface area contributed by atoms with Gasteiger partial charge in [0, 0.05) is 31.5 Å². The number of hydrogen-bond donors (Lipinski definition) is 1. The first kappa shape index (κ1) is 24.2. The second-order valence-electron chi connectivity index (χ2n) is 7.93. The first-order valence-corrected chi connectivity index (χ1v) is 12.0. The number of aryl methyl sites for hydroxylation is 2. The Kier molecular flexibility index (Phi) is 7.31. The van der Waals surface area contributed by atoms with Crippen LogP contribution in [0.1, 0.15) is 22.8 Å². The van der Waals surface area contributed by atoms with E-state index in [9.17, 15) is 9.59 Å². The molecule has 180 valence electrons. The zero-order chi connectivity index (χ0) is 24.9. The molecule has 0 radical (unpaired) electrons. The van der Waals surface area contributed by atoms with Crippen LogP contribution in [-0.2, 0) is 23.6 Å². The number of carbonyl (C=O) groups excluding carboxylic acids is 2. The SMILES string of the molecule is CCOC(=O)c1ccc(NC(=O)CSc2nnc(-c3cn(C)nc3-c3ccc(C)cc3)n2C)cc1. The third kappa shape index (κ3) is 5.60. The molecule has 1 amide bonds. The summed E-state index contributed by atoms with van der Waals surface area (Å²) in [5, 5.41) is 16.7. The highest BCUT2D eigenvalue weighted by Crippen LogP contribution is 2.31. The Morgan fingerprint density at radius 2 is 1.74 bits per heavy atom. The third-order valence-corrected chi connectivity index (χ3v) is 6.26. The van der Waals surface area contributed by atoms with Crippen LogP contribution in [0.4, 0.5) is 5.69 Å². The van der Waals surface area contributed by atoms with Gasteiger partial charge in [0.2, 0.25) is 5.91 Å². The van der Waals surface area contributed by atoms with Gasteiger partial charge in [-0.15, -0.1) is 10.2 Å². The van der Waals surface area contributed by atoms with Crippen LogP contribution in [0.3, 0.4) is 0 Å². The molecule has 35 heavy (non-hydrogen) atoms. The van der Waals surface area contributed by atoms with Crippen molar-refractivity contribution in [3.05, 3.63) is 65.9 Å². The minimum absolute atomic E-state index is 0.156. The van der Waals surface area contributed by atoms with E-state index in [1.807, 2.05) is 43.9 Å². The zero-order valence-corrected chi connectivity index (χ0v) is 20.8. The molecule has 0 saturated heterocycles. The average Bonchev–Trinajstić information content (AvgIpc) is 3.40. The van der Waals surface area contributed by atoms with Crippen molar-refractivity contribution in [1.82, 2.24) is 24.5 Å². The molecule has 10 heteroatoms. The molecule has 2 aromatic heterocycles. The summed E-state index contributed by atoms with van der Waals surface area (Å²) in [6.45, 7) is 4.11. The molecule has 0 atom stereocenters. The van der Waals surface area contributed by atoms with E-state index in [-0.39, 0.29) is 11.7 Å². The van der Waals surface area contributed by atoms with Crippen molar-refractivity contribution < 1.29 is 14.3 Å². The largest absolute Gasteiger partial charge is 0.462 e. The number of esters is 1. The van der Waals surface area contributed by atoms with E-state index in [0.717, 1.165) is 16.8 Å². The highest BCUT2D eigenvalue weighted by atomic mass is 32.2. The van der Waals surface area contributed by atoms with Gasteiger partial charge in [0.1, 0.15) is 5.69 Å². The van der Waals surface area contributed by atoms with E-state index in [4.69, 9.17) is 4.74 Å². The fourth-order valence-corrected chi connectivity index (χ4v) is 4.19. The van der Waals surface area contributed by atoms with E-state index < -0.39 is 5.97 Å². The molecule has 0 spiro atoms. The fourth-order valence-electron chi connectivity index (χ4n) is 3.48. The lowest BCUT2D eigenvalue weighted by Gasteiger charge is -2.07. The molecule has 2 heterocycles. The molecule has 0 unspecified atom stereocenters. The number of aromatic nitrogens is 5. The Morgan fingerprint density at radius 1 is 1.03 bits per heavy atom. The van der Waals surface area contributed by atoms with Gasteiger partial charge in [0.05, 0.1) is 23.5 Å². The lowest BCUT2D eigenvalue weighted by molar-refractivity contribution is -0.113. The molecule has 9 nitrogen and oxygen atoms in total. The Morgan fingerprint density at radius 3 is 2.43 bits per heavy atom. The Bertz CT molecular complexity index is 1340. The summed E-state index contributed by atoms with van der Waals surface area (Å²) < 4.78 is 8.59. The lowest BCUT2D eigenvalue weighted by Crippen LogP contribution is -2.14. The second kappa shape index (κ2) is 10.6. The normalized spacial score (nSPS) is 10.9. The lowest BCUT2D eigenvalue weighted by atomic mass is 10.1. The number of thioether (sulfide) groups is 1. The van der Waals surface area contributed by atoms with Crippen molar-refractivity contribution in [3.8, 4) is 22.6 Å². The summed E-state index contributed by atoms with van der Waals surface area (Å²) in [4.78, 5) is 24.2. The molecule has 0 aliphatic heterocycles. The van der Waals surface area contributed by atoms with Crippen molar-refractivity contribution in [1.29, 1.82) is 0 Å². The number of nitrogens with one attached hydrogen (secondary N) is 1. The molecule has 2 aromatic carbocycles. The molecule has 0 bridgehead atoms. The van der Waals surface area contributed by atoms with Gasteiger partial charge in [-0.25, -0.2) is 4.79 Å². The molecule has 4 aromatic rings. The van der Waals surface area contributed by atoms with Crippen LogP contribution in [-0.4, -0.2) is 48.8 Å². The number of ether oxygens (including phenoxy) is 1. The number of rotatable bonds is 8. The standard InChI is InChI=1S/C25H26N6O3S/c1-5-34-24(33)18-10-12-19(13-11-18)26-21(32)15-35-25-28-27-23(31(25)4)20-14-30(3)29-22(20)17-8-6-16(2)7-9-17/h6-14H,5,15H2,1-4H3,(H,26,32). The van der Waals surface area contributed by atoms with Crippen LogP contribution < -0.4 is 5.32 Å². The molecule has 0 aliphatic rings. The molecule has 0 aliphatic carbocycles. The summed E-state index contributed by atoms with van der Waals surface area (Å²) in [7, 11) is 3.74. The fraction of sp³-hybridized carbons (Fsp3) is 0.240. The molecule has 1 N–H and O–H groups in total. The predicted octanol–water partition coefficient (Wildman–Crippen LogP) is 4.10. The summed E-state index contributed by atoms with van der Waals surface area (Å²) in [5.74, 6) is 0.248. The molecule has 4 rings (SSSR count). The highest BCUT2D eigenvalue weighted by Gasteiger charge is 2.19. The third-order valence-electron chi connectivity index (χ3n) is 5.24. The van der Waals surface area contributed by atoms with Crippen LogP contribution >= 0.6 is 11.8 Å². The van der Waals surface area contributed by atoms with Crippen LogP contribution in [0.5, 0.6) is 0 Å². The van der Waals surface area contributed by atoms with Crippen LogP contribution in [0.15, 0.2) is 59.9 Å². The maximum atomic E-state index is 12.5. The average molecular weight is 491 g/mol. The molecular weight excluding hydrogens is 464 g/mol. The number of anilines is 1. The summed E-state index contributed by atoms with van der Waals surface area (Å²) in [5.41, 5.74) is 4.90. The second-order valence-corrected chi connectivity index (χ2v) is 8.87. The van der Waals surface area contributed by atoms with Crippen molar-refractivity contribution in [3.63, 3.8) is 0 Å². The summed E-state index contributed by atoms with van der Waals surface area (Å²) in [6, 6.07) is 14.8. The van der Waals surface area contributed by atoms with Crippen molar-refractivity contribution in [2.45, 2.75) is 19.0 Å². The monoisotopic (exact) mass is 490 g/mol. The Hall–Kier alpha value is -3.92. The first-order chi connectivity index (χ1) is 16.9. The van der Waals surface area contributed by atoms with Crippen LogP contribution in [0.2, 0.25) is 0 Å². The number of amides is 1. The molecule has 0 saturated carbocycles. The number of nitrogens with zero attached hydrogens (tertiary/aromatic N) is 5. The predicted molar refractivity (Wildman–Crippen MR) is 135 cm³/mol. The molecular formula is C25H26N6O3S. The zero-order valence-electron chi connectivity index (χ0n) is 20.0. The van der Waals surface area contributed by atoms with E-state index in [2.05, 4.69) is 32.7 Å². The van der Waals surface area contributed by atoms with E-state index in [0.29, 0.717) is 28.8 Å². The maximum Gasteiger partial charge on any atom is 0.338 e. The maximum absolute atomic E-state index is 12.5.